The molecule has 2 saturated carbocycles. The SMILES string of the molecule is CC1CC(Nc2c(Br)cnn(CC3CCC3)c2=O)C1. The molecule has 1 heterocycles. The van der Waals surface area contributed by atoms with E-state index in [0.29, 0.717) is 17.6 Å². The topological polar surface area (TPSA) is 46.9 Å². The summed E-state index contributed by atoms with van der Waals surface area (Å²) >= 11 is 3.44. The van der Waals surface area contributed by atoms with Crippen molar-refractivity contribution in [3.63, 3.8) is 0 Å². The Hall–Kier alpha value is -0.840. The van der Waals surface area contributed by atoms with Gasteiger partial charge in [0.15, 0.2) is 0 Å². The van der Waals surface area contributed by atoms with Gasteiger partial charge < -0.3 is 5.32 Å². The van der Waals surface area contributed by atoms with Gasteiger partial charge in [-0.15, -0.1) is 0 Å². The number of anilines is 1. The van der Waals surface area contributed by atoms with Crippen LogP contribution in [0.5, 0.6) is 0 Å². The Morgan fingerprint density at radius 2 is 2.21 bits per heavy atom. The summed E-state index contributed by atoms with van der Waals surface area (Å²) in [5, 5.41) is 7.62. The van der Waals surface area contributed by atoms with E-state index >= 15 is 0 Å². The zero-order valence-electron chi connectivity index (χ0n) is 11.2. The summed E-state index contributed by atoms with van der Waals surface area (Å²) in [6, 6.07) is 0.443. The van der Waals surface area contributed by atoms with Crippen LogP contribution in [0, 0.1) is 11.8 Å². The number of aromatic nitrogens is 2. The van der Waals surface area contributed by atoms with Crippen LogP contribution in [0.25, 0.3) is 0 Å². The van der Waals surface area contributed by atoms with Gasteiger partial charge >= 0.3 is 0 Å². The van der Waals surface area contributed by atoms with Crippen LogP contribution in [-0.4, -0.2) is 15.8 Å². The highest BCUT2D eigenvalue weighted by Gasteiger charge is 2.27. The third kappa shape index (κ3) is 2.71. The summed E-state index contributed by atoms with van der Waals surface area (Å²) in [5.41, 5.74) is 0.701. The number of rotatable bonds is 4. The fraction of sp³-hybridized carbons (Fsp3) is 0.714. The van der Waals surface area contributed by atoms with Gasteiger partial charge in [0.05, 0.1) is 10.7 Å². The zero-order chi connectivity index (χ0) is 13.4. The van der Waals surface area contributed by atoms with Crippen LogP contribution in [0.3, 0.4) is 0 Å². The van der Waals surface area contributed by atoms with Crippen LogP contribution in [0.15, 0.2) is 15.5 Å². The minimum absolute atomic E-state index is 0.0147. The van der Waals surface area contributed by atoms with E-state index in [0.717, 1.165) is 29.8 Å². The molecule has 2 aliphatic carbocycles. The third-order valence-electron chi connectivity index (χ3n) is 4.38. The molecule has 3 rings (SSSR count). The summed E-state index contributed by atoms with van der Waals surface area (Å²) in [6.07, 6.45) is 7.79. The minimum atomic E-state index is 0.0147. The van der Waals surface area contributed by atoms with E-state index in [-0.39, 0.29) is 5.56 Å². The molecule has 0 bridgehead atoms. The first kappa shape index (κ1) is 13.2. The zero-order valence-corrected chi connectivity index (χ0v) is 12.8. The van der Waals surface area contributed by atoms with Crippen molar-refractivity contribution in [2.75, 3.05) is 5.32 Å². The predicted octanol–water partition coefficient (Wildman–Crippen LogP) is 3.02. The summed E-state index contributed by atoms with van der Waals surface area (Å²) in [5.74, 6) is 1.42. The predicted molar refractivity (Wildman–Crippen MR) is 79.3 cm³/mol. The average Bonchev–Trinajstić information content (AvgIpc) is 2.28. The van der Waals surface area contributed by atoms with Crippen molar-refractivity contribution < 1.29 is 0 Å². The highest BCUT2D eigenvalue weighted by molar-refractivity contribution is 9.10. The number of hydrogen-bond acceptors (Lipinski definition) is 3. The fourth-order valence-corrected chi connectivity index (χ4v) is 3.25. The van der Waals surface area contributed by atoms with Gasteiger partial charge in [-0.1, -0.05) is 13.3 Å². The molecular formula is C14H20BrN3O. The van der Waals surface area contributed by atoms with Crippen LogP contribution in [-0.2, 0) is 6.54 Å². The smallest absolute Gasteiger partial charge is 0.291 e. The summed E-state index contributed by atoms with van der Waals surface area (Å²) < 4.78 is 2.40. The van der Waals surface area contributed by atoms with Crippen molar-refractivity contribution in [3.05, 3.63) is 21.0 Å². The van der Waals surface area contributed by atoms with Gasteiger partial charge in [0.1, 0.15) is 5.69 Å². The first-order chi connectivity index (χ1) is 9.13. The molecule has 0 spiro atoms. The van der Waals surface area contributed by atoms with E-state index in [1.165, 1.54) is 19.3 Å². The maximum absolute atomic E-state index is 12.4. The van der Waals surface area contributed by atoms with Crippen LogP contribution >= 0.6 is 15.9 Å². The maximum atomic E-state index is 12.4. The summed E-state index contributed by atoms with van der Waals surface area (Å²) in [4.78, 5) is 12.4. The summed E-state index contributed by atoms with van der Waals surface area (Å²) in [7, 11) is 0. The first-order valence-corrected chi connectivity index (χ1v) is 7.95. The molecule has 19 heavy (non-hydrogen) atoms. The molecule has 1 aromatic rings. The van der Waals surface area contributed by atoms with Gasteiger partial charge in [-0.3, -0.25) is 4.79 Å². The van der Waals surface area contributed by atoms with Crippen LogP contribution in [0.2, 0.25) is 0 Å². The van der Waals surface area contributed by atoms with Crippen molar-refractivity contribution in [2.45, 2.75) is 51.6 Å². The second-order valence-electron chi connectivity index (χ2n) is 6.07. The number of nitrogens with one attached hydrogen (secondary N) is 1. The molecule has 0 amide bonds. The van der Waals surface area contributed by atoms with Gasteiger partial charge in [0, 0.05) is 12.6 Å². The molecular weight excluding hydrogens is 306 g/mol. The normalized spacial score (nSPS) is 26.6. The van der Waals surface area contributed by atoms with E-state index < -0.39 is 0 Å². The molecule has 4 nitrogen and oxygen atoms in total. The molecule has 0 atom stereocenters. The first-order valence-electron chi connectivity index (χ1n) is 7.15. The fourth-order valence-electron chi connectivity index (χ4n) is 2.87. The second-order valence-corrected chi connectivity index (χ2v) is 6.92. The quantitative estimate of drug-likeness (QED) is 0.925. The molecule has 1 N–H and O–H groups in total. The molecule has 0 aromatic carbocycles. The maximum Gasteiger partial charge on any atom is 0.291 e. The molecule has 0 unspecified atom stereocenters. The van der Waals surface area contributed by atoms with Gasteiger partial charge in [-0.05, 0) is 53.4 Å². The molecule has 2 aliphatic rings. The van der Waals surface area contributed by atoms with Gasteiger partial charge in [0.25, 0.3) is 5.56 Å². The van der Waals surface area contributed by atoms with E-state index in [1.807, 2.05) is 0 Å². The van der Waals surface area contributed by atoms with Crippen LogP contribution in [0.1, 0.15) is 39.0 Å². The van der Waals surface area contributed by atoms with Gasteiger partial charge in [-0.2, -0.15) is 5.10 Å². The van der Waals surface area contributed by atoms with Crippen molar-refractivity contribution in [2.24, 2.45) is 11.8 Å². The molecule has 0 saturated heterocycles. The lowest BCUT2D eigenvalue weighted by Gasteiger charge is -2.34. The Kier molecular flexibility index (Phi) is 3.65. The Morgan fingerprint density at radius 1 is 1.47 bits per heavy atom. The monoisotopic (exact) mass is 325 g/mol. The lowest BCUT2D eigenvalue weighted by atomic mass is 9.82. The second kappa shape index (κ2) is 5.27. The van der Waals surface area contributed by atoms with E-state index in [4.69, 9.17) is 0 Å². The molecule has 5 heteroatoms. The Morgan fingerprint density at radius 3 is 2.79 bits per heavy atom. The molecule has 0 radical (unpaired) electrons. The molecule has 2 fully saturated rings. The van der Waals surface area contributed by atoms with E-state index in [9.17, 15) is 4.79 Å². The van der Waals surface area contributed by atoms with Gasteiger partial charge in [0.2, 0.25) is 0 Å². The van der Waals surface area contributed by atoms with E-state index in [2.05, 4.69) is 33.3 Å². The Labute approximate surface area is 121 Å². The van der Waals surface area contributed by atoms with Crippen molar-refractivity contribution in [1.82, 2.24) is 9.78 Å². The van der Waals surface area contributed by atoms with Crippen molar-refractivity contribution in [3.8, 4) is 0 Å². The van der Waals surface area contributed by atoms with Crippen molar-refractivity contribution >= 4 is 21.6 Å². The highest BCUT2D eigenvalue weighted by atomic mass is 79.9. The van der Waals surface area contributed by atoms with E-state index in [1.54, 1.807) is 10.9 Å². The lowest BCUT2D eigenvalue weighted by molar-refractivity contribution is 0.261. The Bertz CT molecular complexity index is 518. The Balaban J connectivity index is 1.77. The minimum Gasteiger partial charge on any atom is -0.377 e. The summed E-state index contributed by atoms with van der Waals surface area (Å²) in [6.45, 7) is 3.01. The van der Waals surface area contributed by atoms with Crippen LogP contribution < -0.4 is 10.9 Å². The third-order valence-corrected chi connectivity index (χ3v) is 4.98. The number of halogens is 1. The van der Waals surface area contributed by atoms with Crippen molar-refractivity contribution in [1.29, 1.82) is 0 Å². The average molecular weight is 326 g/mol. The number of hydrogen-bond donors (Lipinski definition) is 1. The largest absolute Gasteiger partial charge is 0.377 e. The highest BCUT2D eigenvalue weighted by Crippen LogP contribution is 2.31. The molecule has 104 valence electrons. The molecule has 1 aromatic heterocycles. The number of nitrogens with zero attached hydrogens (tertiary/aromatic N) is 2. The van der Waals surface area contributed by atoms with Crippen LogP contribution in [0.4, 0.5) is 5.69 Å². The lowest BCUT2D eigenvalue weighted by Crippen LogP contribution is -2.38. The molecule has 0 aliphatic heterocycles. The standard InChI is InChI=1S/C14H20BrN3O/c1-9-5-11(6-9)17-13-12(15)7-16-18(14(13)19)8-10-3-2-4-10/h7,9-11,17H,2-6,8H2,1H3. The van der Waals surface area contributed by atoms with Gasteiger partial charge in [-0.25, -0.2) is 4.68 Å².